The van der Waals surface area contributed by atoms with Gasteiger partial charge in [-0.25, -0.2) is 9.97 Å². The second-order valence-electron chi connectivity index (χ2n) is 11.6. The number of carbonyl (C=O) groups is 2. The van der Waals surface area contributed by atoms with Crippen molar-refractivity contribution in [2.45, 2.75) is 69.4 Å². The van der Waals surface area contributed by atoms with Crippen LogP contribution in [0.15, 0.2) is 35.6 Å². The van der Waals surface area contributed by atoms with Crippen molar-refractivity contribution < 1.29 is 9.59 Å². The van der Waals surface area contributed by atoms with Crippen molar-refractivity contribution >= 4 is 34.5 Å². The van der Waals surface area contributed by atoms with E-state index in [1.54, 1.807) is 6.33 Å². The van der Waals surface area contributed by atoms with Crippen molar-refractivity contribution in [1.82, 2.24) is 20.2 Å². The smallest absolute Gasteiger partial charge is 0.232 e. The van der Waals surface area contributed by atoms with Crippen LogP contribution in [0.1, 0.15) is 58.3 Å². The van der Waals surface area contributed by atoms with E-state index in [9.17, 15) is 9.59 Å². The average Bonchev–Trinajstić information content (AvgIpc) is 2.86. The molecule has 2 amide bonds. The van der Waals surface area contributed by atoms with Crippen LogP contribution in [0, 0.1) is 29.1 Å². The summed E-state index contributed by atoms with van der Waals surface area (Å²) >= 11 is 1.47. The number of nitrogens with one attached hydrogen (secondary N) is 1. The van der Waals surface area contributed by atoms with Crippen LogP contribution in [0.4, 0.5) is 0 Å². The number of benzene rings is 1. The zero-order valence-corrected chi connectivity index (χ0v) is 21.4. The predicted octanol–water partition coefficient (Wildman–Crippen LogP) is 4.68. The Kier molecular flexibility index (Phi) is 6.23. The first-order chi connectivity index (χ1) is 17.0. The van der Waals surface area contributed by atoms with E-state index in [0.29, 0.717) is 24.3 Å². The number of nitrogens with zero attached hydrogens (tertiary/aromatic N) is 3. The SMILES string of the molecule is C[C@H](NC(=O)C1CCN(C(=O)CSc2ncnc3ccccc23)CC1)C12CC3CC(CC(C3)C1)C2. The number of fused-ring (bicyclic) bond motifs is 1. The number of likely N-dealkylation sites (tertiary alicyclic amines) is 1. The molecule has 5 aliphatic rings. The summed E-state index contributed by atoms with van der Waals surface area (Å²) in [6.45, 7) is 3.58. The number of hydrogen-bond acceptors (Lipinski definition) is 5. The summed E-state index contributed by atoms with van der Waals surface area (Å²) in [6.07, 6.45) is 11.3. The zero-order valence-electron chi connectivity index (χ0n) is 20.6. The van der Waals surface area contributed by atoms with Crippen LogP contribution in [-0.2, 0) is 9.59 Å². The molecule has 0 unspecified atom stereocenters. The van der Waals surface area contributed by atoms with E-state index in [0.717, 1.165) is 46.5 Å². The number of piperidine rings is 1. The molecule has 6 nitrogen and oxygen atoms in total. The summed E-state index contributed by atoms with van der Waals surface area (Å²) in [7, 11) is 0. The number of rotatable bonds is 6. The normalized spacial score (nSPS) is 31.0. The number of para-hydroxylation sites is 1. The molecule has 4 bridgehead atoms. The Morgan fingerprint density at radius 1 is 1.06 bits per heavy atom. The first-order valence-corrected chi connectivity index (χ1v) is 14.4. The number of aromatic nitrogens is 2. The van der Waals surface area contributed by atoms with Crippen molar-refractivity contribution in [1.29, 1.82) is 0 Å². The lowest BCUT2D eigenvalue weighted by atomic mass is 9.48. The Labute approximate surface area is 212 Å². The van der Waals surface area contributed by atoms with Gasteiger partial charge in [-0.3, -0.25) is 9.59 Å². The van der Waals surface area contributed by atoms with E-state index < -0.39 is 0 Å². The molecule has 1 aromatic heterocycles. The maximum absolute atomic E-state index is 13.2. The van der Waals surface area contributed by atoms with E-state index in [-0.39, 0.29) is 23.8 Å². The molecule has 2 aromatic rings. The van der Waals surface area contributed by atoms with Crippen LogP contribution in [0.5, 0.6) is 0 Å². The minimum atomic E-state index is 0.0221. The number of thioether (sulfide) groups is 1. The summed E-state index contributed by atoms with van der Waals surface area (Å²) in [5.41, 5.74) is 1.23. The first-order valence-electron chi connectivity index (χ1n) is 13.4. The molecule has 4 aliphatic carbocycles. The Hall–Kier alpha value is -2.15. The van der Waals surface area contributed by atoms with Gasteiger partial charge >= 0.3 is 0 Å². The number of hydrogen-bond donors (Lipinski definition) is 1. The Morgan fingerprint density at radius 3 is 2.40 bits per heavy atom. The van der Waals surface area contributed by atoms with Gasteiger partial charge in [0, 0.05) is 30.4 Å². The van der Waals surface area contributed by atoms with Gasteiger partial charge in [-0.15, -0.1) is 0 Å². The molecule has 0 spiro atoms. The molecule has 35 heavy (non-hydrogen) atoms. The minimum Gasteiger partial charge on any atom is -0.353 e. The van der Waals surface area contributed by atoms with E-state index in [2.05, 4.69) is 22.2 Å². The standard InChI is InChI=1S/C28H36N4O2S/c1-18(28-13-19-10-20(14-28)12-21(11-19)15-28)31-26(34)22-6-8-32(9-7-22)25(33)16-35-27-23-4-2-3-5-24(23)29-17-30-27/h2-5,17-22H,6-16H2,1H3,(H,31,34)/t18-,19?,20?,21?,28?/m0/s1. The summed E-state index contributed by atoms with van der Waals surface area (Å²) in [5.74, 6) is 3.41. The molecule has 7 rings (SSSR count). The van der Waals surface area contributed by atoms with Gasteiger partial charge in [-0.05, 0) is 87.5 Å². The topological polar surface area (TPSA) is 75.2 Å². The van der Waals surface area contributed by atoms with Crippen molar-refractivity contribution in [3.05, 3.63) is 30.6 Å². The average molecular weight is 493 g/mol. The fraction of sp³-hybridized carbons (Fsp3) is 0.643. The number of amides is 2. The van der Waals surface area contributed by atoms with E-state index in [4.69, 9.17) is 0 Å². The highest BCUT2D eigenvalue weighted by molar-refractivity contribution is 8.00. The van der Waals surface area contributed by atoms with Crippen molar-refractivity contribution in [2.75, 3.05) is 18.8 Å². The van der Waals surface area contributed by atoms with Gasteiger partial charge in [0.05, 0.1) is 11.3 Å². The minimum absolute atomic E-state index is 0.0221. The van der Waals surface area contributed by atoms with Crippen LogP contribution >= 0.6 is 11.8 Å². The molecule has 2 heterocycles. The Morgan fingerprint density at radius 2 is 1.71 bits per heavy atom. The second kappa shape index (κ2) is 9.38. The fourth-order valence-electron chi connectivity index (χ4n) is 7.90. The maximum atomic E-state index is 13.2. The van der Waals surface area contributed by atoms with Gasteiger partial charge in [0.25, 0.3) is 0 Å². The van der Waals surface area contributed by atoms with Crippen LogP contribution in [0.3, 0.4) is 0 Å². The van der Waals surface area contributed by atoms with E-state index >= 15 is 0 Å². The lowest BCUT2D eigenvalue weighted by molar-refractivity contribution is -0.135. The third kappa shape index (κ3) is 4.56. The van der Waals surface area contributed by atoms with Gasteiger partial charge in [0.2, 0.25) is 11.8 Å². The molecule has 1 atom stereocenters. The highest BCUT2D eigenvalue weighted by atomic mass is 32.2. The summed E-state index contributed by atoms with van der Waals surface area (Å²) < 4.78 is 0. The van der Waals surface area contributed by atoms with Gasteiger partial charge in [0.1, 0.15) is 11.4 Å². The van der Waals surface area contributed by atoms with Crippen molar-refractivity contribution in [3.8, 4) is 0 Å². The van der Waals surface area contributed by atoms with Crippen molar-refractivity contribution in [3.63, 3.8) is 0 Å². The molecule has 1 aromatic carbocycles. The summed E-state index contributed by atoms with van der Waals surface area (Å²) in [5, 5.41) is 5.28. The lowest BCUT2D eigenvalue weighted by Gasteiger charge is -2.59. The monoisotopic (exact) mass is 492 g/mol. The third-order valence-corrected chi connectivity index (χ3v) is 10.4. The Bertz CT molecular complexity index is 1070. The van der Waals surface area contributed by atoms with Gasteiger partial charge in [-0.2, -0.15) is 0 Å². The van der Waals surface area contributed by atoms with E-state index in [1.807, 2.05) is 29.2 Å². The van der Waals surface area contributed by atoms with E-state index in [1.165, 1.54) is 50.3 Å². The largest absolute Gasteiger partial charge is 0.353 e. The highest BCUT2D eigenvalue weighted by Crippen LogP contribution is 2.61. The predicted molar refractivity (Wildman–Crippen MR) is 138 cm³/mol. The zero-order chi connectivity index (χ0) is 24.0. The summed E-state index contributed by atoms with van der Waals surface area (Å²) in [4.78, 5) is 36.7. The molecular formula is C28H36N4O2S. The highest BCUT2D eigenvalue weighted by Gasteiger charge is 2.53. The molecule has 186 valence electrons. The van der Waals surface area contributed by atoms with Crippen LogP contribution < -0.4 is 5.32 Å². The first kappa shape index (κ1) is 23.3. The molecule has 1 N–H and O–H groups in total. The molecule has 1 aliphatic heterocycles. The Balaban J connectivity index is 0.995. The molecule has 7 heteroatoms. The molecular weight excluding hydrogens is 456 g/mol. The molecule has 0 radical (unpaired) electrons. The molecule has 5 fully saturated rings. The summed E-state index contributed by atoms with van der Waals surface area (Å²) in [6, 6.07) is 8.15. The van der Waals surface area contributed by atoms with Gasteiger partial charge < -0.3 is 10.2 Å². The second-order valence-corrected chi connectivity index (χ2v) is 12.6. The van der Waals surface area contributed by atoms with Crippen LogP contribution in [-0.4, -0.2) is 51.6 Å². The molecule has 4 saturated carbocycles. The van der Waals surface area contributed by atoms with Crippen LogP contribution in [0.2, 0.25) is 0 Å². The van der Waals surface area contributed by atoms with Crippen molar-refractivity contribution in [2.24, 2.45) is 29.1 Å². The lowest BCUT2D eigenvalue weighted by Crippen LogP contribution is -2.57. The van der Waals surface area contributed by atoms with Gasteiger partial charge in [0.15, 0.2) is 0 Å². The molecule has 1 saturated heterocycles. The number of carbonyl (C=O) groups excluding carboxylic acids is 2. The quantitative estimate of drug-likeness (QED) is 0.468. The van der Waals surface area contributed by atoms with Gasteiger partial charge in [-0.1, -0.05) is 30.0 Å². The fourth-order valence-corrected chi connectivity index (χ4v) is 8.79. The third-order valence-electron chi connectivity index (χ3n) is 9.42. The van der Waals surface area contributed by atoms with Crippen LogP contribution in [0.25, 0.3) is 10.9 Å². The maximum Gasteiger partial charge on any atom is 0.232 e.